The lowest BCUT2D eigenvalue weighted by Crippen LogP contribution is -2.41. The van der Waals surface area contributed by atoms with Crippen LogP contribution >= 0.6 is 0 Å². The number of carbonyl (C=O) groups is 1. The van der Waals surface area contributed by atoms with Gasteiger partial charge < -0.3 is 15.1 Å². The highest BCUT2D eigenvalue weighted by atomic mass is 16.3. The minimum absolute atomic E-state index is 0.0653. The van der Waals surface area contributed by atoms with Crippen LogP contribution in [0.25, 0.3) is 5.69 Å². The number of nitrogens with one attached hydrogen (secondary N) is 2. The predicted molar refractivity (Wildman–Crippen MR) is 95.2 cm³/mol. The number of carbonyl (C=O) groups excluding carboxylic acids is 1. The average Bonchev–Trinajstić information content (AvgIpc) is 3.28. The maximum atomic E-state index is 12.1. The van der Waals surface area contributed by atoms with Gasteiger partial charge in [0, 0.05) is 18.3 Å². The summed E-state index contributed by atoms with van der Waals surface area (Å²) in [5.74, 6) is 0.671. The summed E-state index contributed by atoms with van der Waals surface area (Å²) in [5.41, 5.74) is 3.02. The third-order valence-electron chi connectivity index (χ3n) is 4.03. The van der Waals surface area contributed by atoms with Crippen LogP contribution in [-0.2, 0) is 17.9 Å². The van der Waals surface area contributed by atoms with E-state index in [9.17, 15) is 4.79 Å². The van der Waals surface area contributed by atoms with Crippen LogP contribution < -0.4 is 10.6 Å². The standard InChI is InChI=1S/C19H22N4O2/c1-14-16(13-23(22-14)17-7-4-3-5-8-17)11-20-15(2)19(24)21-12-18-9-6-10-25-18/h3-10,13,15,20H,11-12H2,1-2H3,(H,21,24). The Bertz CT molecular complexity index is 809. The summed E-state index contributed by atoms with van der Waals surface area (Å²) >= 11 is 0. The van der Waals surface area contributed by atoms with Gasteiger partial charge in [-0.15, -0.1) is 0 Å². The van der Waals surface area contributed by atoms with E-state index < -0.39 is 0 Å². The lowest BCUT2D eigenvalue weighted by atomic mass is 10.2. The SMILES string of the molecule is Cc1nn(-c2ccccc2)cc1CNC(C)C(=O)NCc1ccco1. The van der Waals surface area contributed by atoms with Crippen LogP contribution in [0.1, 0.15) is 23.9 Å². The second-order valence-electron chi connectivity index (χ2n) is 5.92. The van der Waals surface area contributed by atoms with Crippen molar-refractivity contribution in [3.8, 4) is 5.69 Å². The Kier molecular flexibility index (Phi) is 5.30. The second kappa shape index (κ2) is 7.81. The van der Waals surface area contributed by atoms with Gasteiger partial charge in [0.25, 0.3) is 0 Å². The number of nitrogens with zero attached hydrogens (tertiary/aromatic N) is 2. The molecule has 25 heavy (non-hydrogen) atoms. The first-order valence-corrected chi connectivity index (χ1v) is 8.27. The van der Waals surface area contributed by atoms with Crippen molar-refractivity contribution in [2.45, 2.75) is 33.0 Å². The predicted octanol–water partition coefficient (Wildman–Crippen LogP) is 2.57. The minimum Gasteiger partial charge on any atom is -0.467 e. The number of hydrogen-bond donors (Lipinski definition) is 2. The first-order chi connectivity index (χ1) is 12.1. The van der Waals surface area contributed by atoms with Gasteiger partial charge in [-0.2, -0.15) is 5.10 Å². The van der Waals surface area contributed by atoms with E-state index in [1.165, 1.54) is 0 Å². The van der Waals surface area contributed by atoms with Crippen molar-refractivity contribution in [2.24, 2.45) is 0 Å². The zero-order valence-electron chi connectivity index (χ0n) is 14.4. The molecule has 6 nitrogen and oxygen atoms in total. The Hall–Kier alpha value is -2.86. The number of hydrogen-bond acceptors (Lipinski definition) is 4. The molecule has 130 valence electrons. The molecule has 0 aliphatic rings. The Morgan fingerprint density at radius 1 is 1.20 bits per heavy atom. The lowest BCUT2D eigenvalue weighted by molar-refractivity contribution is -0.123. The molecule has 3 rings (SSSR count). The zero-order valence-corrected chi connectivity index (χ0v) is 14.4. The molecule has 1 amide bonds. The molecule has 0 saturated carbocycles. The number of aryl methyl sites for hydroxylation is 1. The summed E-state index contributed by atoms with van der Waals surface area (Å²) in [6, 6.07) is 13.3. The lowest BCUT2D eigenvalue weighted by Gasteiger charge is -2.13. The second-order valence-corrected chi connectivity index (χ2v) is 5.92. The zero-order chi connectivity index (χ0) is 17.6. The Labute approximate surface area is 146 Å². The van der Waals surface area contributed by atoms with Crippen molar-refractivity contribution in [1.82, 2.24) is 20.4 Å². The first kappa shape index (κ1) is 17.0. The van der Waals surface area contributed by atoms with Crippen molar-refractivity contribution < 1.29 is 9.21 Å². The molecule has 0 spiro atoms. The van der Waals surface area contributed by atoms with Gasteiger partial charge in [0.2, 0.25) is 5.91 Å². The molecule has 2 N–H and O–H groups in total. The highest BCUT2D eigenvalue weighted by Crippen LogP contribution is 2.11. The van der Waals surface area contributed by atoms with E-state index in [4.69, 9.17) is 4.42 Å². The molecule has 2 aromatic heterocycles. The van der Waals surface area contributed by atoms with Crippen molar-refractivity contribution in [3.05, 3.63) is 71.9 Å². The molecule has 0 aliphatic heterocycles. The average molecular weight is 338 g/mol. The fraction of sp³-hybridized carbons (Fsp3) is 0.263. The van der Waals surface area contributed by atoms with Gasteiger partial charge >= 0.3 is 0 Å². The number of furan rings is 1. The highest BCUT2D eigenvalue weighted by Gasteiger charge is 2.14. The van der Waals surface area contributed by atoms with E-state index in [1.54, 1.807) is 12.3 Å². The van der Waals surface area contributed by atoms with E-state index in [0.29, 0.717) is 13.1 Å². The summed E-state index contributed by atoms with van der Waals surface area (Å²) in [7, 11) is 0. The van der Waals surface area contributed by atoms with Crippen molar-refractivity contribution in [2.75, 3.05) is 0 Å². The molecular weight excluding hydrogens is 316 g/mol. The topological polar surface area (TPSA) is 72.1 Å². The normalized spacial score (nSPS) is 12.1. The largest absolute Gasteiger partial charge is 0.467 e. The van der Waals surface area contributed by atoms with Crippen LogP contribution in [0.15, 0.2) is 59.3 Å². The number of para-hydroxylation sites is 1. The van der Waals surface area contributed by atoms with Gasteiger partial charge in [-0.05, 0) is 38.1 Å². The summed E-state index contributed by atoms with van der Waals surface area (Å²) in [6.45, 7) is 4.78. The molecule has 0 fully saturated rings. The third-order valence-corrected chi connectivity index (χ3v) is 4.03. The van der Waals surface area contributed by atoms with Crippen LogP contribution in [0.2, 0.25) is 0 Å². The molecule has 0 radical (unpaired) electrons. The highest BCUT2D eigenvalue weighted by molar-refractivity contribution is 5.81. The smallest absolute Gasteiger partial charge is 0.237 e. The van der Waals surface area contributed by atoms with Crippen LogP contribution in [-0.4, -0.2) is 21.7 Å². The van der Waals surface area contributed by atoms with Gasteiger partial charge in [0.05, 0.1) is 30.2 Å². The van der Waals surface area contributed by atoms with Gasteiger partial charge in [0.1, 0.15) is 5.76 Å². The molecule has 0 saturated heterocycles. The molecule has 3 aromatic rings. The Balaban J connectivity index is 1.54. The fourth-order valence-electron chi connectivity index (χ4n) is 2.48. The van der Waals surface area contributed by atoms with Crippen LogP contribution in [0.4, 0.5) is 0 Å². The molecule has 1 unspecified atom stereocenters. The van der Waals surface area contributed by atoms with E-state index in [1.807, 2.05) is 61.1 Å². The molecular formula is C19H22N4O2. The maximum Gasteiger partial charge on any atom is 0.237 e. The Morgan fingerprint density at radius 3 is 2.72 bits per heavy atom. The maximum absolute atomic E-state index is 12.1. The molecule has 1 aromatic carbocycles. The molecule has 0 bridgehead atoms. The summed E-state index contributed by atoms with van der Waals surface area (Å²) in [5, 5.41) is 10.6. The van der Waals surface area contributed by atoms with Crippen LogP contribution in [0, 0.1) is 6.92 Å². The van der Waals surface area contributed by atoms with E-state index in [-0.39, 0.29) is 11.9 Å². The third kappa shape index (κ3) is 4.36. The van der Waals surface area contributed by atoms with E-state index in [2.05, 4.69) is 15.7 Å². The summed E-state index contributed by atoms with van der Waals surface area (Å²) in [6.07, 6.45) is 3.58. The van der Waals surface area contributed by atoms with E-state index >= 15 is 0 Å². The number of rotatable bonds is 7. The molecule has 6 heteroatoms. The number of amides is 1. The van der Waals surface area contributed by atoms with Crippen molar-refractivity contribution >= 4 is 5.91 Å². The fourth-order valence-corrected chi connectivity index (χ4v) is 2.48. The van der Waals surface area contributed by atoms with E-state index in [0.717, 1.165) is 22.7 Å². The van der Waals surface area contributed by atoms with Gasteiger partial charge in [-0.1, -0.05) is 18.2 Å². The molecule has 2 heterocycles. The van der Waals surface area contributed by atoms with Gasteiger partial charge in [0.15, 0.2) is 0 Å². The monoisotopic (exact) mass is 338 g/mol. The number of benzene rings is 1. The first-order valence-electron chi connectivity index (χ1n) is 8.27. The van der Waals surface area contributed by atoms with Crippen molar-refractivity contribution in [3.63, 3.8) is 0 Å². The van der Waals surface area contributed by atoms with Crippen LogP contribution in [0.5, 0.6) is 0 Å². The quantitative estimate of drug-likeness (QED) is 0.694. The Morgan fingerprint density at radius 2 is 2.00 bits per heavy atom. The van der Waals surface area contributed by atoms with Gasteiger partial charge in [-0.3, -0.25) is 4.79 Å². The van der Waals surface area contributed by atoms with Crippen LogP contribution in [0.3, 0.4) is 0 Å². The molecule has 0 aliphatic carbocycles. The summed E-state index contributed by atoms with van der Waals surface area (Å²) < 4.78 is 7.06. The minimum atomic E-state index is -0.311. The number of aromatic nitrogens is 2. The van der Waals surface area contributed by atoms with Crippen molar-refractivity contribution in [1.29, 1.82) is 0 Å². The molecule has 1 atom stereocenters. The van der Waals surface area contributed by atoms with Gasteiger partial charge in [-0.25, -0.2) is 4.68 Å². The summed E-state index contributed by atoms with van der Waals surface area (Å²) in [4.78, 5) is 12.1.